The standard InChI is InChI=1S/C24H26FNO5/c1-14-12-15(2)23(31-4)17(13-14)21(27)19-20(16-8-5-6-9-18(16)25)26(10-7-11-30-3)24(29)22(19)28/h5-6,8-9,12-13,20,27H,7,10-11H2,1-4H3/b21-19+. The normalized spacial score (nSPS) is 18.0. The van der Waals surface area contributed by atoms with Crippen LogP contribution in [0.15, 0.2) is 42.0 Å². The van der Waals surface area contributed by atoms with E-state index >= 15 is 0 Å². The Labute approximate surface area is 180 Å². The van der Waals surface area contributed by atoms with Gasteiger partial charge in [0.1, 0.15) is 17.3 Å². The summed E-state index contributed by atoms with van der Waals surface area (Å²) in [6, 6.07) is 8.45. The molecule has 1 aliphatic heterocycles. The number of carbonyl (C=O) groups excluding carboxylic acids is 2. The van der Waals surface area contributed by atoms with Crippen molar-refractivity contribution in [1.82, 2.24) is 4.90 Å². The topological polar surface area (TPSA) is 76.1 Å². The fourth-order valence-electron chi connectivity index (χ4n) is 4.06. The highest BCUT2D eigenvalue weighted by Crippen LogP contribution is 2.42. The van der Waals surface area contributed by atoms with Crippen LogP contribution in [-0.2, 0) is 14.3 Å². The molecular weight excluding hydrogens is 401 g/mol. The maximum atomic E-state index is 14.8. The zero-order valence-electron chi connectivity index (χ0n) is 18.1. The van der Waals surface area contributed by atoms with Gasteiger partial charge in [-0.1, -0.05) is 24.3 Å². The monoisotopic (exact) mass is 427 g/mol. The molecule has 1 fully saturated rings. The molecule has 1 amide bonds. The van der Waals surface area contributed by atoms with Gasteiger partial charge in [-0.3, -0.25) is 9.59 Å². The van der Waals surface area contributed by atoms with Gasteiger partial charge in [-0.25, -0.2) is 4.39 Å². The van der Waals surface area contributed by atoms with Crippen molar-refractivity contribution < 1.29 is 28.6 Å². The second kappa shape index (κ2) is 9.31. The van der Waals surface area contributed by atoms with Crippen molar-refractivity contribution in [1.29, 1.82) is 0 Å². The molecule has 0 bridgehead atoms. The molecule has 1 saturated heterocycles. The molecule has 2 aromatic rings. The molecule has 0 saturated carbocycles. The van der Waals surface area contributed by atoms with Crippen molar-refractivity contribution in [3.8, 4) is 5.75 Å². The summed E-state index contributed by atoms with van der Waals surface area (Å²) in [7, 11) is 3.00. The number of aliphatic hydroxyl groups is 1. The molecule has 7 heteroatoms. The molecule has 1 N–H and O–H groups in total. The SMILES string of the molecule is COCCCN1C(=O)C(=O)/C(=C(/O)c2cc(C)cc(C)c2OC)C1c1ccccc1F. The Morgan fingerprint density at radius 1 is 1.16 bits per heavy atom. The van der Waals surface area contributed by atoms with Crippen LogP contribution in [0.4, 0.5) is 4.39 Å². The molecule has 164 valence electrons. The number of aryl methyl sites for hydroxylation is 2. The maximum Gasteiger partial charge on any atom is 0.295 e. The van der Waals surface area contributed by atoms with E-state index in [2.05, 4.69) is 0 Å². The van der Waals surface area contributed by atoms with Crippen LogP contribution in [0.2, 0.25) is 0 Å². The van der Waals surface area contributed by atoms with E-state index in [1.165, 1.54) is 37.3 Å². The summed E-state index contributed by atoms with van der Waals surface area (Å²) in [6.45, 7) is 4.22. The number of amides is 1. The van der Waals surface area contributed by atoms with E-state index in [1.807, 2.05) is 19.9 Å². The molecular formula is C24H26FNO5. The van der Waals surface area contributed by atoms with Crippen LogP contribution in [0.3, 0.4) is 0 Å². The Balaban J connectivity index is 2.24. The Bertz CT molecular complexity index is 1050. The number of carbonyl (C=O) groups is 2. The summed E-state index contributed by atoms with van der Waals surface area (Å²) in [6.07, 6.45) is 0.460. The van der Waals surface area contributed by atoms with E-state index in [0.29, 0.717) is 18.8 Å². The number of aliphatic hydroxyl groups excluding tert-OH is 1. The van der Waals surface area contributed by atoms with Crippen molar-refractivity contribution in [3.63, 3.8) is 0 Å². The predicted molar refractivity (Wildman–Crippen MR) is 114 cm³/mol. The predicted octanol–water partition coefficient (Wildman–Crippen LogP) is 3.91. The third-order valence-electron chi connectivity index (χ3n) is 5.37. The zero-order chi connectivity index (χ0) is 22.7. The maximum absolute atomic E-state index is 14.8. The summed E-state index contributed by atoms with van der Waals surface area (Å²) in [5.41, 5.74) is 1.88. The van der Waals surface area contributed by atoms with Gasteiger partial charge in [-0.05, 0) is 43.5 Å². The minimum atomic E-state index is -1.05. The number of nitrogens with zero attached hydrogens (tertiary/aromatic N) is 1. The van der Waals surface area contributed by atoms with Gasteiger partial charge < -0.3 is 19.5 Å². The van der Waals surface area contributed by atoms with Crippen LogP contribution in [0.1, 0.15) is 34.7 Å². The molecule has 3 rings (SSSR count). The number of benzene rings is 2. The van der Waals surface area contributed by atoms with Gasteiger partial charge in [0.25, 0.3) is 11.7 Å². The number of Topliss-reactive ketones (excluding diaryl/α,β-unsaturated/α-hetero) is 1. The lowest BCUT2D eigenvalue weighted by molar-refractivity contribution is -0.140. The van der Waals surface area contributed by atoms with Crippen molar-refractivity contribution in [2.24, 2.45) is 0 Å². The first-order valence-corrected chi connectivity index (χ1v) is 9.99. The number of halogens is 1. The number of methoxy groups -OCH3 is 2. The first-order valence-electron chi connectivity index (χ1n) is 9.99. The quantitative estimate of drug-likeness (QED) is 0.314. The molecule has 0 aromatic heterocycles. The lowest BCUT2D eigenvalue weighted by Gasteiger charge is -2.25. The highest BCUT2D eigenvalue weighted by molar-refractivity contribution is 6.46. The smallest absolute Gasteiger partial charge is 0.295 e. The molecule has 1 unspecified atom stereocenters. The van der Waals surface area contributed by atoms with Crippen LogP contribution in [0.5, 0.6) is 5.75 Å². The largest absolute Gasteiger partial charge is 0.507 e. The average molecular weight is 427 g/mol. The average Bonchev–Trinajstić information content (AvgIpc) is 2.98. The minimum Gasteiger partial charge on any atom is -0.507 e. The Kier molecular flexibility index (Phi) is 6.75. The molecule has 0 spiro atoms. The van der Waals surface area contributed by atoms with Gasteiger partial charge in [0.05, 0.1) is 24.3 Å². The lowest BCUT2D eigenvalue weighted by Crippen LogP contribution is -2.31. The van der Waals surface area contributed by atoms with Gasteiger partial charge in [0, 0.05) is 25.8 Å². The molecule has 0 radical (unpaired) electrons. The first kappa shape index (κ1) is 22.5. The second-order valence-corrected chi connectivity index (χ2v) is 7.52. The van der Waals surface area contributed by atoms with Crippen molar-refractivity contribution >= 4 is 17.4 Å². The summed E-state index contributed by atoms with van der Waals surface area (Å²) in [5, 5.41) is 11.2. The van der Waals surface area contributed by atoms with E-state index in [9.17, 15) is 19.1 Å². The van der Waals surface area contributed by atoms with Crippen molar-refractivity contribution in [2.45, 2.75) is 26.3 Å². The highest BCUT2D eigenvalue weighted by Gasteiger charge is 2.47. The summed E-state index contributed by atoms with van der Waals surface area (Å²) < 4.78 is 25.3. The number of hydrogen-bond acceptors (Lipinski definition) is 5. The van der Waals surface area contributed by atoms with Crippen molar-refractivity contribution in [2.75, 3.05) is 27.4 Å². The Morgan fingerprint density at radius 2 is 1.87 bits per heavy atom. The van der Waals surface area contributed by atoms with Gasteiger partial charge in [0.15, 0.2) is 0 Å². The molecule has 6 nitrogen and oxygen atoms in total. The third-order valence-corrected chi connectivity index (χ3v) is 5.37. The van der Waals surface area contributed by atoms with Crippen LogP contribution >= 0.6 is 0 Å². The van der Waals surface area contributed by atoms with E-state index in [-0.39, 0.29) is 29.0 Å². The second-order valence-electron chi connectivity index (χ2n) is 7.52. The lowest BCUT2D eigenvalue weighted by atomic mass is 9.93. The van der Waals surface area contributed by atoms with Gasteiger partial charge in [0.2, 0.25) is 0 Å². The molecule has 2 aromatic carbocycles. The summed E-state index contributed by atoms with van der Waals surface area (Å²) in [5.74, 6) is -2.20. The van der Waals surface area contributed by atoms with Gasteiger partial charge in [-0.2, -0.15) is 0 Å². The Morgan fingerprint density at radius 3 is 2.52 bits per heavy atom. The molecule has 31 heavy (non-hydrogen) atoms. The fourth-order valence-corrected chi connectivity index (χ4v) is 4.06. The molecule has 1 atom stereocenters. The van der Waals surface area contributed by atoms with Gasteiger partial charge in [-0.15, -0.1) is 0 Å². The van der Waals surface area contributed by atoms with Crippen LogP contribution < -0.4 is 4.74 Å². The van der Waals surface area contributed by atoms with E-state index in [4.69, 9.17) is 9.47 Å². The molecule has 1 aliphatic rings. The highest BCUT2D eigenvalue weighted by atomic mass is 19.1. The fraction of sp³-hybridized carbons (Fsp3) is 0.333. The van der Waals surface area contributed by atoms with E-state index < -0.39 is 23.5 Å². The summed E-state index contributed by atoms with van der Waals surface area (Å²) >= 11 is 0. The minimum absolute atomic E-state index is 0.143. The number of hydrogen-bond donors (Lipinski definition) is 1. The Hall–Kier alpha value is -3.19. The number of ether oxygens (including phenoxy) is 2. The van der Waals surface area contributed by atoms with E-state index in [0.717, 1.165) is 11.1 Å². The number of ketones is 1. The summed E-state index contributed by atoms with van der Waals surface area (Å²) in [4.78, 5) is 27.2. The zero-order valence-corrected chi connectivity index (χ0v) is 18.1. The van der Waals surface area contributed by atoms with Gasteiger partial charge >= 0.3 is 0 Å². The molecule has 0 aliphatic carbocycles. The third kappa shape index (κ3) is 4.18. The van der Waals surface area contributed by atoms with E-state index in [1.54, 1.807) is 12.1 Å². The van der Waals surface area contributed by atoms with Crippen LogP contribution in [0, 0.1) is 19.7 Å². The number of likely N-dealkylation sites (tertiary alicyclic amines) is 1. The first-order chi connectivity index (χ1) is 14.8. The van der Waals surface area contributed by atoms with Crippen molar-refractivity contribution in [3.05, 3.63) is 70.0 Å². The van der Waals surface area contributed by atoms with Crippen LogP contribution in [-0.4, -0.2) is 49.1 Å². The number of rotatable bonds is 7. The molecule has 1 heterocycles. The van der Waals surface area contributed by atoms with Crippen LogP contribution in [0.25, 0.3) is 5.76 Å².